The first-order valence-electron chi connectivity index (χ1n) is 8.19. The van der Waals surface area contributed by atoms with Gasteiger partial charge in [0.1, 0.15) is 0 Å². The third-order valence-electron chi connectivity index (χ3n) is 3.93. The Bertz CT molecular complexity index is 551. The topological polar surface area (TPSA) is 64.7 Å². The van der Waals surface area contributed by atoms with Gasteiger partial charge in [0, 0.05) is 32.2 Å². The van der Waals surface area contributed by atoms with Gasteiger partial charge >= 0.3 is 6.03 Å². The molecule has 0 aliphatic carbocycles. The molecule has 0 unspecified atom stereocenters. The van der Waals surface area contributed by atoms with E-state index in [2.05, 4.69) is 22.5 Å². The molecule has 0 bridgehead atoms. The maximum atomic E-state index is 12.8. The molecular formula is C17H26N4O2. The number of nitrogens with zero attached hydrogens (tertiary/aromatic N) is 2. The standard InChI is InChI=1S/C17H26N4O2/c1-4-20-9-11-21(12-10-20)16(22)14-7-5-6-8-15(14)19-17(23)18-13(2)3/h5-8,13H,4,9-12H2,1-3H3,(H2,18,19,23). The zero-order valence-electron chi connectivity index (χ0n) is 14.1. The van der Waals surface area contributed by atoms with Crippen molar-refractivity contribution in [3.8, 4) is 0 Å². The quantitative estimate of drug-likeness (QED) is 0.892. The van der Waals surface area contributed by atoms with E-state index in [0.29, 0.717) is 11.3 Å². The minimum absolute atomic E-state index is 0.0267. The summed E-state index contributed by atoms with van der Waals surface area (Å²) in [5.41, 5.74) is 1.09. The van der Waals surface area contributed by atoms with E-state index in [1.807, 2.05) is 30.9 Å². The van der Waals surface area contributed by atoms with Crippen LogP contribution in [0, 0.1) is 0 Å². The van der Waals surface area contributed by atoms with Crippen LogP contribution in [0.2, 0.25) is 0 Å². The summed E-state index contributed by atoms with van der Waals surface area (Å²) in [6.45, 7) is 10.2. The summed E-state index contributed by atoms with van der Waals surface area (Å²) in [4.78, 5) is 28.8. The number of carbonyl (C=O) groups is 2. The third-order valence-corrected chi connectivity index (χ3v) is 3.93. The van der Waals surface area contributed by atoms with Crippen LogP contribution in [0.1, 0.15) is 31.1 Å². The third kappa shape index (κ3) is 4.69. The van der Waals surface area contributed by atoms with Crippen LogP contribution < -0.4 is 10.6 Å². The number of amides is 3. The van der Waals surface area contributed by atoms with Gasteiger partial charge in [-0.15, -0.1) is 0 Å². The first-order chi connectivity index (χ1) is 11.0. The van der Waals surface area contributed by atoms with Crippen molar-refractivity contribution in [1.82, 2.24) is 15.1 Å². The fourth-order valence-corrected chi connectivity index (χ4v) is 2.64. The lowest BCUT2D eigenvalue weighted by Crippen LogP contribution is -2.48. The zero-order chi connectivity index (χ0) is 16.8. The molecule has 1 saturated heterocycles. The Hall–Kier alpha value is -2.08. The van der Waals surface area contributed by atoms with Crippen molar-refractivity contribution in [2.75, 3.05) is 38.0 Å². The van der Waals surface area contributed by atoms with Gasteiger partial charge in [0.15, 0.2) is 0 Å². The van der Waals surface area contributed by atoms with Crippen LogP contribution in [-0.2, 0) is 0 Å². The SMILES string of the molecule is CCN1CCN(C(=O)c2ccccc2NC(=O)NC(C)C)CC1. The molecule has 0 radical (unpaired) electrons. The Morgan fingerprint density at radius 1 is 1.13 bits per heavy atom. The summed E-state index contributed by atoms with van der Waals surface area (Å²) in [5, 5.41) is 5.54. The number of nitrogens with one attached hydrogen (secondary N) is 2. The second-order valence-electron chi connectivity index (χ2n) is 6.03. The summed E-state index contributed by atoms with van der Waals surface area (Å²) in [7, 11) is 0. The Balaban J connectivity index is 2.07. The fraction of sp³-hybridized carbons (Fsp3) is 0.529. The van der Waals surface area contributed by atoms with E-state index >= 15 is 0 Å². The van der Waals surface area contributed by atoms with E-state index in [-0.39, 0.29) is 18.0 Å². The minimum atomic E-state index is -0.295. The van der Waals surface area contributed by atoms with Crippen LogP contribution in [0.25, 0.3) is 0 Å². The molecular weight excluding hydrogens is 292 g/mol. The van der Waals surface area contributed by atoms with Crippen molar-refractivity contribution in [1.29, 1.82) is 0 Å². The molecule has 1 aliphatic heterocycles. The average molecular weight is 318 g/mol. The minimum Gasteiger partial charge on any atom is -0.336 e. The highest BCUT2D eigenvalue weighted by Gasteiger charge is 2.23. The lowest BCUT2D eigenvalue weighted by atomic mass is 10.1. The maximum absolute atomic E-state index is 12.8. The highest BCUT2D eigenvalue weighted by molar-refractivity contribution is 6.03. The largest absolute Gasteiger partial charge is 0.336 e. The molecule has 6 nitrogen and oxygen atoms in total. The number of urea groups is 1. The molecule has 2 N–H and O–H groups in total. The number of hydrogen-bond acceptors (Lipinski definition) is 3. The van der Waals surface area contributed by atoms with Gasteiger partial charge in [0.25, 0.3) is 5.91 Å². The second-order valence-corrected chi connectivity index (χ2v) is 6.03. The molecule has 1 aromatic rings. The number of piperazine rings is 1. The molecule has 2 rings (SSSR count). The van der Waals surface area contributed by atoms with E-state index in [9.17, 15) is 9.59 Å². The van der Waals surface area contributed by atoms with Crippen LogP contribution in [0.15, 0.2) is 24.3 Å². The molecule has 0 spiro atoms. The average Bonchev–Trinajstić information content (AvgIpc) is 2.54. The molecule has 6 heteroatoms. The maximum Gasteiger partial charge on any atom is 0.319 e. The van der Waals surface area contributed by atoms with Crippen LogP contribution >= 0.6 is 0 Å². The van der Waals surface area contributed by atoms with Crippen molar-refractivity contribution in [2.24, 2.45) is 0 Å². The lowest BCUT2D eigenvalue weighted by Gasteiger charge is -2.34. The van der Waals surface area contributed by atoms with Crippen LogP contribution in [0.3, 0.4) is 0 Å². The normalized spacial score (nSPS) is 15.6. The Labute approximate surface area is 137 Å². The first kappa shape index (κ1) is 17.3. The van der Waals surface area contributed by atoms with Crippen molar-refractivity contribution in [2.45, 2.75) is 26.8 Å². The summed E-state index contributed by atoms with van der Waals surface area (Å²) >= 11 is 0. The van der Waals surface area contributed by atoms with Crippen molar-refractivity contribution >= 4 is 17.6 Å². The van der Waals surface area contributed by atoms with E-state index in [1.54, 1.807) is 12.1 Å². The first-order valence-corrected chi connectivity index (χ1v) is 8.19. The number of likely N-dealkylation sites (N-methyl/N-ethyl adjacent to an activating group) is 1. The molecule has 1 aliphatic rings. The van der Waals surface area contributed by atoms with Crippen LogP contribution in [0.5, 0.6) is 0 Å². The van der Waals surface area contributed by atoms with E-state index < -0.39 is 0 Å². The predicted molar refractivity (Wildman–Crippen MR) is 91.7 cm³/mol. The molecule has 1 heterocycles. The smallest absolute Gasteiger partial charge is 0.319 e. The number of rotatable bonds is 4. The summed E-state index contributed by atoms with van der Waals surface area (Å²) in [6.07, 6.45) is 0. The highest BCUT2D eigenvalue weighted by Crippen LogP contribution is 2.18. The summed E-state index contributed by atoms with van der Waals surface area (Å²) < 4.78 is 0. The van der Waals surface area contributed by atoms with E-state index in [0.717, 1.165) is 32.7 Å². The summed E-state index contributed by atoms with van der Waals surface area (Å²) in [6, 6.07) is 6.91. The molecule has 126 valence electrons. The van der Waals surface area contributed by atoms with Crippen molar-refractivity contribution < 1.29 is 9.59 Å². The van der Waals surface area contributed by atoms with Gasteiger partial charge in [-0.05, 0) is 32.5 Å². The molecule has 23 heavy (non-hydrogen) atoms. The van der Waals surface area contributed by atoms with Crippen LogP contribution in [0.4, 0.5) is 10.5 Å². The molecule has 1 fully saturated rings. The Morgan fingerprint density at radius 2 is 1.78 bits per heavy atom. The second kappa shape index (κ2) is 7.97. The molecule has 1 aromatic carbocycles. The Kier molecular flexibility index (Phi) is 5.98. The number of carbonyl (C=O) groups excluding carboxylic acids is 2. The van der Waals surface area contributed by atoms with E-state index in [4.69, 9.17) is 0 Å². The predicted octanol–water partition coefficient (Wildman–Crippen LogP) is 1.99. The van der Waals surface area contributed by atoms with Gasteiger partial charge in [-0.3, -0.25) is 4.79 Å². The Morgan fingerprint density at radius 3 is 2.39 bits per heavy atom. The number of benzene rings is 1. The van der Waals surface area contributed by atoms with Gasteiger partial charge in [-0.1, -0.05) is 19.1 Å². The molecule has 0 atom stereocenters. The summed E-state index contributed by atoms with van der Waals surface area (Å²) in [5.74, 6) is -0.0267. The molecule has 0 aromatic heterocycles. The number of hydrogen-bond donors (Lipinski definition) is 2. The monoisotopic (exact) mass is 318 g/mol. The van der Waals surface area contributed by atoms with E-state index in [1.165, 1.54) is 0 Å². The fourth-order valence-electron chi connectivity index (χ4n) is 2.64. The molecule has 3 amide bonds. The van der Waals surface area contributed by atoms with Gasteiger partial charge in [0.2, 0.25) is 0 Å². The van der Waals surface area contributed by atoms with Gasteiger partial charge in [-0.25, -0.2) is 4.79 Å². The lowest BCUT2D eigenvalue weighted by molar-refractivity contribution is 0.0644. The van der Waals surface area contributed by atoms with Crippen LogP contribution in [-0.4, -0.2) is 60.5 Å². The highest BCUT2D eigenvalue weighted by atomic mass is 16.2. The zero-order valence-corrected chi connectivity index (χ0v) is 14.1. The van der Waals surface area contributed by atoms with Gasteiger partial charge in [0.05, 0.1) is 11.3 Å². The van der Waals surface area contributed by atoms with Gasteiger partial charge in [-0.2, -0.15) is 0 Å². The number of anilines is 1. The van der Waals surface area contributed by atoms with Gasteiger partial charge < -0.3 is 20.4 Å². The van der Waals surface area contributed by atoms with Crippen molar-refractivity contribution in [3.63, 3.8) is 0 Å². The van der Waals surface area contributed by atoms with Crippen molar-refractivity contribution in [3.05, 3.63) is 29.8 Å². The number of para-hydroxylation sites is 1. The molecule has 0 saturated carbocycles.